The Hall–Kier alpha value is -0.880. The highest BCUT2D eigenvalue weighted by atomic mass is 16.9. The van der Waals surface area contributed by atoms with Gasteiger partial charge in [-0.15, -0.1) is 0 Å². The van der Waals surface area contributed by atoms with Crippen molar-refractivity contribution in [2.75, 3.05) is 20.0 Å². The van der Waals surface area contributed by atoms with E-state index in [2.05, 4.69) is 0 Å². The van der Waals surface area contributed by atoms with Crippen molar-refractivity contribution < 1.29 is 14.6 Å². The first-order chi connectivity index (χ1) is 4.23. The molecule has 0 N–H and O–H groups in total. The average Bonchev–Trinajstić information content (AvgIpc) is 2.11. The van der Waals surface area contributed by atoms with Crippen molar-refractivity contribution in [1.82, 2.24) is 0 Å². The van der Waals surface area contributed by atoms with Gasteiger partial charge in [0.2, 0.25) is 0 Å². The second-order valence-corrected chi connectivity index (χ2v) is 1.16. The van der Waals surface area contributed by atoms with E-state index < -0.39 is 5.09 Å². The maximum atomic E-state index is 8.25. The molecule has 1 aliphatic heterocycles. The molecule has 0 saturated carbocycles. The molecule has 0 bridgehead atoms. The van der Waals surface area contributed by atoms with Crippen LogP contribution in [-0.4, -0.2) is 25.1 Å². The highest BCUT2D eigenvalue weighted by Gasteiger charge is 1.93. The van der Waals surface area contributed by atoms with Gasteiger partial charge in [0, 0.05) is 0 Å². The van der Waals surface area contributed by atoms with Gasteiger partial charge in [0.15, 0.2) is 0 Å². The van der Waals surface area contributed by atoms with Crippen LogP contribution in [0.1, 0.15) is 0 Å². The molecule has 1 rings (SSSR count). The third kappa shape index (κ3) is 11.0. The molecule has 0 aromatic heterocycles. The monoisotopic (exact) mass is 136 g/mol. The lowest BCUT2D eigenvalue weighted by Gasteiger charge is -1.76. The zero-order valence-corrected chi connectivity index (χ0v) is 4.61. The second-order valence-electron chi connectivity index (χ2n) is 1.16. The van der Waals surface area contributed by atoms with Gasteiger partial charge < -0.3 is 24.8 Å². The van der Waals surface area contributed by atoms with Crippen LogP contribution in [0.3, 0.4) is 0 Å². The molecule has 0 aromatic carbocycles. The molecule has 0 atom stereocenters. The van der Waals surface area contributed by atoms with Crippen LogP contribution in [0.5, 0.6) is 0 Å². The lowest BCUT2D eigenvalue weighted by Crippen LogP contribution is -1.79. The molecule has 1 aliphatic rings. The molecule has 54 valence electrons. The van der Waals surface area contributed by atoms with Gasteiger partial charge in [-0.1, -0.05) is 0 Å². The van der Waals surface area contributed by atoms with Crippen LogP contribution in [-0.2, 0) is 9.47 Å². The minimum absolute atomic E-state index is 0.500. The smallest absolute Gasteiger partial charge is 0.146 e. The number of hydrogen-bond donors (Lipinski definition) is 0. The summed E-state index contributed by atoms with van der Waals surface area (Å²) in [7, 11) is 0. The minimum Gasteiger partial charge on any atom is -0.356 e. The largest absolute Gasteiger partial charge is 0.356 e. The quantitative estimate of drug-likeness (QED) is 0.338. The molecular weight excluding hydrogens is 130 g/mol. The Balaban J connectivity index is 0.000000148. The zero-order valence-electron chi connectivity index (χ0n) is 4.61. The summed E-state index contributed by atoms with van der Waals surface area (Å²) in [5.41, 5.74) is 0. The van der Waals surface area contributed by atoms with Crippen LogP contribution in [0.2, 0.25) is 0 Å². The Labute approximate surface area is 51.1 Å². The van der Waals surface area contributed by atoms with Gasteiger partial charge in [0.05, 0.1) is 18.3 Å². The van der Waals surface area contributed by atoms with Crippen LogP contribution in [0.4, 0.5) is 0 Å². The Kier molecular flexibility index (Phi) is 4.75. The van der Waals surface area contributed by atoms with Gasteiger partial charge in [-0.2, -0.15) is 0 Å². The summed E-state index contributed by atoms with van der Waals surface area (Å²) in [5, 5.41) is 14.8. The predicted molar refractivity (Wildman–Crippen MR) is 27.1 cm³/mol. The SMILES string of the molecule is C1COCO1.O=[N+]([O-])[O-]. The fourth-order valence-corrected chi connectivity index (χ4v) is 0.295. The van der Waals surface area contributed by atoms with E-state index in [0.717, 1.165) is 13.2 Å². The van der Waals surface area contributed by atoms with Crippen molar-refractivity contribution in [3.63, 3.8) is 0 Å². The van der Waals surface area contributed by atoms with Crippen molar-refractivity contribution in [3.05, 3.63) is 15.3 Å². The molecule has 1 saturated heterocycles. The number of hydrogen-bond acceptors (Lipinski definition) is 5. The molecule has 1 fully saturated rings. The predicted octanol–water partition coefficient (Wildman–Crippen LogP) is -0.248. The summed E-state index contributed by atoms with van der Waals surface area (Å²) < 4.78 is 9.44. The van der Waals surface area contributed by atoms with Crippen molar-refractivity contribution in [2.24, 2.45) is 0 Å². The lowest BCUT2D eigenvalue weighted by atomic mass is 10.8. The van der Waals surface area contributed by atoms with Crippen molar-refractivity contribution in [3.8, 4) is 0 Å². The molecule has 9 heavy (non-hydrogen) atoms. The molecule has 0 aromatic rings. The molecule has 6 nitrogen and oxygen atoms in total. The van der Waals surface area contributed by atoms with Crippen LogP contribution >= 0.6 is 0 Å². The highest BCUT2D eigenvalue weighted by Crippen LogP contribution is 1.85. The van der Waals surface area contributed by atoms with E-state index in [-0.39, 0.29) is 0 Å². The van der Waals surface area contributed by atoms with Crippen LogP contribution in [0.25, 0.3) is 0 Å². The van der Waals surface area contributed by atoms with Crippen molar-refractivity contribution in [2.45, 2.75) is 0 Å². The van der Waals surface area contributed by atoms with E-state index in [1.165, 1.54) is 0 Å². The Morgan fingerprint density at radius 3 is 1.67 bits per heavy atom. The average molecular weight is 136 g/mol. The summed E-state index contributed by atoms with van der Waals surface area (Å²) in [4.78, 5) is 8.25. The third-order valence-electron chi connectivity index (χ3n) is 0.539. The van der Waals surface area contributed by atoms with Crippen LogP contribution in [0.15, 0.2) is 0 Å². The molecule has 0 unspecified atom stereocenters. The van der Waals surface area contributed by atoms with E-state index >= 15 is 0 Å². The van der Waals surface area contributed by atoms with Gasteiger partial charge in [-0.25, -0.2) is 0 Å². The third-order valence-corrected chi connectivity index (χ3v) is 0.539. The summed E-state index contributed by atoms with van der Waals surface area (Å²) in [6.07, 6.45) is 0. The fraction of sp³-hybridized carbons (Fsp3) is 1.00. The van der Waals surface area contributed by atoms with E-state index in [4.69, 9.17) is 24.8 Å². The standard InChI is InChI=1S/C3H6O2.NO3/c1-2-5-3-4-1;2-1(3)4/h1-3H2;/q;-1. The topological polar surface area (TPSA) is 84.7 Å². The van der Waals surface area contributed by atoms with Gasteiger partial charge in [-0.3, -0.25) is 0 Å². The van der Waals surface area contributed by atoms with Crippen LogP contribution < -0.4 is 0 Å². The van der Waals surface area contributed by atoms with Crippen LogP contribution in [0, 0.1) is 15.3 Å². The number of rotatable bonds is 0. The maximum absolute atomic E-state index is 8.25. The first-order valence-electron chi connectivity index (χ1n) is 2.20. The first kappa shape index (κ1) is 8.12. The van der Waals surface area contributed by atoms with Crippen molar-refractivity contribution in [1.29, 1.82) is 0 Å². The summed E-state index contributed by atoms with van der Waals surface area (Å²) in [6, 6.07) is 0. The Bertz CT molecular complexity index is 68.7. The second kappa shape index (κ2) is 5.26. The molecule has 0 radical (unpaired) electrons. The number of ether oxygens (including phenoxy) is 2. The van der Waals surface area contributed by atoms with Gasteiger partial charge in [0.1, 0.15) is 6.79 Å². The Morgan fingerprint density at radius 2 is 1.56 bits per heavy atom. The van der Waals surface area contributed by atoms with Crippen molar-refractivity contribution >= 4 is 0 Å². The molecule has 6 heteroatoms. The molecule has 0 aliphatic carbocycles. The first-order valence-corrected chi connectivity index (χ1v) is 2.20. The minimum atomic E-state index is -1.75. The van der Waals surface area contributed by atoms with Gasteiger partial charge in [-0.05, 0) is 0 Å². The van der Waals surface area contributed by atoms with E-state index in [1.54, 1.807) is 0 Å². The molecule has 0 amide bonds. The van der Waals surface area contributed by atoms with E-state index in [9.17, 15) is 0 Å². The van der Waals surface area contributed by atoms with Gasteiger partial charge >= 0.3 is 0 Å². The summed E-state index contributed by atoms with van der Waals surface area (Å²) in [6.45, 7) is 2.06. The zero-order chi connectivity index (χ0) is 7.11. The molecule has 1 heterocycles. The van der Waals surface area contributed by atoms with E-state index in [0.29, 0.717) is 6.79 Å². The van der Waals surface area contributed by atoms with Gasteiger partial charge in [0.25, 0.3) is 0 Å². The Morgan fingerprint density at radius 1 is 1.22 bits per heavy atom. The normalized spacial score (nSPS) is 16.0. The maximum Gasteiger partial charge on any atom is 0.146 e. The summed E-state index contributed by atoms with van der Waals surface area (Å²) >= 11 is 0. The molecular formula is C3H6NO5-. The lowest BCUT2D eigenvalue weighted by molar-refractivity contribution is -0.402. The highest BCUT2D eigenvalue weighted by molar-refractivity contribution is 4.28. The number of nitrogens with zero attached hydrogens (tertiary/aromatic N) is 1. The van der Waals surface area contributed by atoms with E-state index in [1.807, 2.05) is 0 Å². The summed E-state index contributed by atoms with van der Waals surface area (Å²) in [5.74, 6) is 0. The molecule has 0 spiro atoms. The fourth-order valence-electron chi connectivity index (χ4n) is 0.295.